The first-order valence-electron chi connectivity index (χ1n) is 8.76. The normalized spacial score (nSPS) is 10.7. The smallest absolute Gasteiger partial charge is 0.234 e. The molecule has 0 unspecified atom stereocenters. The molecular formula is C20H16N4O5S. The number of furan rings is 2. The maximum atomic E-state index is 12.3. The SMILES string of the molecule is COc1cc(NC(=O)CSc2nnc(-c3ccco3)c(-c3ccco3)n2)ccc1O. The number of nitrogens with zero attached hydrogens (tertiary/aromatic N) is 3. The topological polar surface area (TPSA) is 124 Å². The molecule has 0 saturated carbocycles. The van der Waals surface area contributed by atoms with E-state index in [1.807, 2.05) is 0 Å². The number of methoxy groups -OCH3 is 1. The number of hydrogen-bond acceptors (Lipinski definition) is 9. The lowest BCUT2D eigenvalue weighted by molar-refractivity contribution is -0.113. The highest BCUT2D eigenvalue weighted by molar-refractivity contribution is 7.99. The van der Waals surface area contributed by atoms with Crippen LogP contribution in [0.25, 0.3) is 22.9 Å². The first-order valence-corrected chi connectivity index (χ1v) is 9.74. The summed E-state index contributed by atoms with van der Waals surface area (Å²) < 4.78 is 15.9. The van der Waals surface area contributed by atoms with Gasteiger partial charge in [0.2, 0.25) is 11.1 Å². The number of hydrogen-bond donors (Lipinski definition) is 2. The Morgan fingerprint density at radius 2 is 1.83 bits per heavy atom. The molecular weight excluding hydrogens is 408 g/mol. The highest BCUT2D eigenvalue weighted by Gasteiger charge is 2.18. The average Bonchev–Trinajstić information content (AvgIpc) is 3.48. The summed E-state index contributed by atoms with van der Waals surface area (Å²) in [6.07, 6.45) is 3.07. The molecule has 0 radical (unpaired) electrons. The fraction of sp³-hybridized carbons (Fsp3) is 0.100. The third kappa shape index (κ3) is 4.28. The largest absolute Gasteiger partial charge is 0.504 e. The van der Waals surface area contributed by atoms with E-state index in [1.165, 1.54) is 31.8 Å². The van der Waals surface area contributed by atoms with Crippen LogP contribution in [0.15, 0.2) is 69.0 Å². The maximum absolute atomic E-state index is 12.3. The van der Waals surface area contributed by atoms with Gasteiger partial charge in [-0.05, 0) is 36.4 Å². The Kier molecular flexibility index (Phi) is 5.66. The van der Waals surface area contributed by atoms with Crippen molar-refractivity contribution in [2.24, 2.45) is 0 Å². The van der Waals surface area contributed by atoms with E-state index < -0.39 is 0 Å². The van der Waals surface area contributed by atoms with E-state index in [0.29, 0.717) is 33.8 Å². The molecule has 0 aliphatic heterocycles. The van der Waals surface area contributed by atoms with E-state index in [0.717, 1.165) is 11.8 Å². The summed E-state index contributed by atoms with van der Waals surface area (Å²) in [5.41, 5.74) is 1.41. The number of carbonyl (C=O) groups is 1. The molecule has 4 aromatic rings. The van der Waals surface area contributed by atoms with Gasteiger partial charge in [-0.25, -0.2) is 4.98 Å². The Bertz CT molecular complexity index is 1150. The number of benzene rings is 1. The maximum Gasteiger partial charge on any atom is 0.234 e. The second-order valence-electron chi connectivity index (χ2n) is 5.97. The first kappa shape index (κ1) is 19.5. The number of carbonyl (C=O) groups excluding carboxylic acids is 1. The second kappa shape index (κ2) is 8.70. The minimum absolute atomic E-state index is 0.00792. The van der Waals surface area contributed by atoms with Gasteiger partial charge in [0, 0.05) is 11.8 Å². The van der Waals surface area contributed by atoms with E-state index in [2.05, 4.69) is 20.5 Å². The zero-order chi connectivity index (χ0) is 20.9. The summed E-state index contributed by atoms with van der Waals surface area (Å²) in [7, 11) is 1.43. The van der Waals surface area contributed by atoms with Gasteiger partial charge in [-0.15, -0.1) is 10.2 Å². The number of nitrogens with one attached hydrogen (secondary N) is 1. The van der Waals surface area contributed by atoms with Crippen LogP contribution in [0.4, 0.5) is 5.69 Å². The molecule has 1 aromatic carbocycles. The quantitative estimate of drug-likeness (QED) is 0.336. The molecule has 4 rings (SSSR count). The van der Waals surface area contributed by atoms with Crippen molar-refractivity contribution in [1.29, 1.82) is 0 Å². The number of rotatable bonds is 7. The molecule has 0 atom stereocenters. The van der Waals surface area contributed by atoms with Crippen molar-refractivity contribution < 1.29 is 23.5 Å². The molecule has 1 amide bonds. The zero-order valence-corrected chi connectivity index (χ0v) is 16.5. The van der Waals surface area contributed by atoms with Crippen LogP contribution in [0, 0.1) is 0 Å². The van der Waals surface area contributed by atoms with Crippen LogP contribution in [0.3, 0.4) is 0 Å². The van der Waals surface area contributed by atoms with Crippen LogP contribution < -0.4 is 10.1 Å². The number of ether oxygens (including phenoxy) is 1. The van der Waals surface area contributed by atoms with Gasteiger partial charge in [0.25, 0.3) is 0 Å². The van der Waals surface area contributed by atoms with Crippen molar-refractivity contribution in [3.8, 4) is 34.4 Å². The fourth-order valence-corrected chi connectivity index (χ4v) is 3.21. The Labute approximate surface area is 175 Å². The third-order valence-electron chi connectivity index (χ3n) is 3.97. The number of aromatic nitrogens is 3. The molecule has 0 saturated heterocycles. The van der Waals surface area contributed by atoms with Gasteiger partial charge in [-0.3, -0.25) is 4.79 Å². The van der Waals surface area contributed by atoms with Gasteiger partial charge >= 0.3 is 0 Å². The van der Waals surface area contributed by atoms with Gasteiger partial charge in [-0.2, -0.15) is 0 Å². The summed E-state index contributed by atoms with van der Waals surface area (Å²) in [4.78, 5) is 16.8. The van der Waals surface area contributed by atoms with Crippen molar-refractivity contribution in [2.45, 2.75) is 5.16 Å². The summed E-state index contributed by atoms with van der Waals surface area (Å²) in [6, 6.07) is 11.6. The molecule has 0 fully saturated rings. The molecule has 152 valence electrons. The molecule has 3 heterocycles. The molecule has 0 spiro atoms. The van der Waals surface area contributed by atoms with Crippen LogP contribution in [0.2, 0.25) is 0 Å². The van der Waals surface area contributed by atoms with Crippen LogP contribution >= 0.6 is 11.8 Å². The molecule has 0 bridgehead atoms. The highest BCUT2D eigenvalue weighted by atomic mass is 32.2. The van der Waals surface area contributed by atoms with E-state index in [1.54, 1.807) is 30.3 Å². The Morgan fingerprint density at radius 3 is 2.50 bits per heavy atom. The van der Waals surface area contributed by atoms with Gasteiger partial charge in [0.1, 0.15) is 5.69 Å². The molecule has 2 N–H and O–H groups in total. The van der Waals surface area contributed by atoms with Crippen molar-refractivity contribution in [2.75, 3.05) is 18.2 Å². The highest BCUT2D eigenvalue weighted by Crippen LogP contribution is 2.31. The van der Waals surface area contributed by atoms with E-state index in [4.69, 9.17) is 13.6 Å². The van der Waals surface area contributed by atoms with Crippen LogP contribution in [0.5, 0.6) is 11.5 Å². The standard InChI is InChI=1S/C20H16N4O5S/c1-27-16-10-12(6-7-13(16)25)21-17(26)11-30-20-22-18(14-4-2-8-28-14)19(23-24-20)15-5-3-9-29-15/h2-10,25H,11H2,1H3,(H,21,26). The molecule has 0 aliphatic rings. The lowest BCUT2D eigenvalue weighted by Crippen LogP contribution is -2.14. The first-order chi connectivity index (χ1) is 14.6. The van der Waals surface area contributed by atoms with E-state index >= 15 is 0 Å². The Morgan fingerprint density at radius 1 is 1.10 bits per heavy atom. The number of anilines is 1. The zero-order valence-electron chi connectivity index (χ0n) is 15.7. The van der Waals surface area contributed by atoms with Crippen LogP contribution in [-0.4, -0.2) is 39.1 Å². The minimum Gasteiger partial charge on any atom is -0.504 e. The summed E-state index contributed by atoms with van der Waals surface area (Å²) >= 11 is 1.13. The molecule has 30 heavy (non-hydrogen) atoms. The molecule has 3 aromatic heterocycles. The van der Waals surface area contributed by atoms with Gasteiger partial charge < -0.3 is 24.0 Å². The number of amides is 1. The lowest BCUT2D eigenvalue weighted by atomic mass is 10.2. The van der Waals surface area contributed by atoms with Crippen molar-refractivity contribution in [1.82, 2.24) is 15.2 Å². The van der Waals surface area contributed by atoms with E-state index in [-0.39, 0.29) is 23.2 Å². The van der Waals surface area contributed by atoms with Gasteiger partial charge in [0.05, 0.1) is 25.4 Å². The monoisotopic (exact) mass is 424 g/mol. The average molecular weight is 424 g/mol. The number of phenolic OH excluding ortho intramolecular Hbond substituents is 1. The Hall–Kier alpha value is -3.79. The predicted molar refractivity (Wildman–Crippen MR) is 109 cm³/mol. The number of phenols is 1. The second-order valence-corrected chi connectivity index (χ2v) is 6.91. The van der Waals surface area contributed by atoms with Crippen LogP contribution in [0.1, 0.15) is 0 Å². The van der Waals surface area contributed by atoms with Gasteiger partial charge in [-0.1, -0.05) is 11.8 Å². The summed E-state index contributed by atoms with van der Waals surface area (Å²) in [5, 5.41) is 21.0. The summed E-state index contributed by atoms with van der Waals surface area (Å²) in [5.74, 6) is 1.07. The van der Waals surface area contributed by atoms with E-state index in [9.17, 15) is 9.90 Å². The third-order valence-corrected chi connectivity index (χ3v) is 4.81. The van der Waals surface area contributed by atoms with Crippen molar-refractivity contribution in [3.63, 3.8) is 0 Å². The van der Waals surface area contributed by atoms with Crippen molar-refractivity contribution in [3.05, 3.63) is 55.0 Å². The fourth-order valence-electron chi connectivity index (χ4n) is 2.62. The molecule has 10 heteroatoms. The molecule has 9 nitrogen and oxygen atoms in total. The van der Waals surface area contributed by atoms with Crippen LogP contribution in [-0.2, 0) is 4.79 Å². The van der Waals surface area contributed by atoms with Crippen molar-refractivity contribution >= 4 is 23.4 Å². The summed E-state index contributed by atoms with van der Waals surface area (Å²) in [6.45, 7) is 0. The number of thioether (sulfide) groups is 1. The molecule has 0 aliphatic carbocycles. The minimum atomic E-state index is -0.272. The van der Waals surface area contributed by atoms with Gasteiger partial charge in [0.15, 0.2) is 28.7 Å². The predicted octanol–water partition coefficient (Wildman–Crippen LogP) is 3.84. The lowest BCUT2D eigenvalue weighted by Gasteiger charge is -2.08. The number of aromatic hydroxyl groups is 1. The Balaban J connectivity index is 1.48.